The summed E-state index contributed by atoms with van der Waals surface area (Å²) in [6.07, 6.45) is 3.33. The lowest BCUT2D eigenvalue weighted by molar-refractivity contribution is -0.116. The van der Waals surface area contributed by atoms with E-state index in [-0.39, 0.29) is 11.7 Å². The first-order valence-corrected chi connectivity index (χ1v) is 7.82. The molecule has 1 aromatic heterocycles. The number of carbonyl (C=O) groups excluding carboxylic acids is 1. The number of aromatic carboxylic acids is 1. The summed E-state index contributed by atoms with van der Waals surface area (Å²) in [6, 6.07) is 7.97. The molecule has 1 amide bonds. The number of benzene rings is 1. The van der Waals surface area contributed by atoms with E-state index in [2.05, 4.69) is 12.2 Å². The Morgan fingerprint density at radius 3 is 2.65 bits per heavy atom. The molecule has 0 saturated heterocycles. The molecule has 2 rings (SSSR count). The molecule has 0 bridgehead atoms. The van der Waals surface area contributed by atoms with Crippen molar-refractivity contribution in [2.24, 2.45) is 0 Å². The van der Waals surface area contributed by atoms with E-state index in [1.165, 1.54) is 6.07 Å². The predicted octanol–water partition coefficient (Wildman–Crippen LogP) is 4.82. The van der Waals surface area contributed by atoms with Gasteiger partial charge in [-0.05, 0) is 36.8 Å². The third-order valence-corrected chi connectivity index (χ3v) is 3.68. The second kappa shape index (κ2) is 7.83. The molecule has 2 aromatic rings. The second-order valence-corrected chi connectivity index (χ2v) is 5.58. The van der Waals surface area contributed by atoms with Crippen LogP contribution in [0.25, 0.3) is 11.3 Å². The molecule has 5 nitrogen and oxygen atoms in total. The van der Waals surface area contributed by atoms with Gasteiger partial charge in [-0.2, -0.15) is 0 Å². The van der Waals surface area contributed by atoms with Gasteiger partial charge in [-0.15, -0.1) is 0 Å². The fraction of sp³-hybridized carbons (Fsp3) is 0.294. The first-order valence-electron chi connectivity index (χ1n) is 7.44. The number of carboxylic acids is 1. The first-order chi connectivity index (χ1) is 11.0. The van der Waals surface area contributed by atoms with Crippen LogP contribution in [-0.4, -0.2) is 17.0 Å². The van der Waals surface area contributed by atoms with Crippen LogP contribution in [0.4, 0.5) is 5.69 Å². The molecule has 23 heavy (non-hydrogen) atoms. The van der Waals surface area contributed by atoms with Gasteiger partial charge in [-0.25, -0.2) is 4.79 Å². The Morgan fingerprint density at radius 2 is 2.00 bits per heavy atom. The van der Waals surface area contributed by atoms with E-state index in [9.17, 15) is 9.59 Å². The van der Waals surface area contributed by atoms with Crippen molar-refractivity contribution in [3.8, 4) is 11.3 Å². The third kappa shape index (κ3) is 4.60. The number of hydrogen-bond donors (Lipinski definition) is 2. The molecule has 122 valence electrons. The van der Waals surface area contributed by atoms with Gasteiger partial charge < -0.3 is 14.8 Å². The number of anilines is 1. The Labute approximate surface area is 139 Å². The summed E-state index contributed by atoms with van der Waals surface area (Å²) < 4.78 is 5.26. The number of nitrogens with one attached hydrogen (secondary N) is 1. The molecule has 0 aliphatic carbocycles. The van der Waals surface area contributed by atoms with E-state index in [0.717, 1.165) is 19.3 Å². The lowest BCUT2D eigenvalue weighted by Crippen LogP contribution is -2.11. The highest BCUT2D eigenvalue weighted by atomic mass is 35.5. The van der Waals surface area contributed by atoms with Crippen LogP contribution in [0.5, 0.6) is 0 Å². The lowest BCUT2D eigenvalue weighted by Gasteiger charge is -2.08. The zero-order chi connectivity index (χ0) is 16.8. The first kappa shape index (κ1) is 17.1. The zero-order valence-corrected chi connectivity index (χ0v) is 13.5. The number of carbonyl (C=O) groups is 2. The zero-order valence-electron chi connectivity index (χ0n) is 12.8. The summed E-state index contributed by atoms with van der Waals surface area (Å²) in [5, 5.41) is 12.1. The molecule has 6 heteroatoms. The van der Waals surface area contributed by atoms with Crippen LogP contribution in [0.2, 0.25) is 5.02 Å². The smallest absolute Gasteiger partial charge is 0.371 e. The molecular formula is C17H18ClNO4. The van der Waals surface area contributed by atoms with Crippen molar-refractivity contribution in [3.63, 3.8) is 0 Å². The highest BCUT2D eigenvalue weighted by Crippen LogP contribution is 2.30. The SMILES string of the molecule is CCCCCC(=O)Nc1cc(-c2ccc(C(=O)O)o2)ccc1Cl. The molecule has 0 radical (unpaired) electrons. The summed E-state index contributed by atoms with van der Waals surface area (Å²) in [4.78, 5) is 22.8. The fourth-order valence-corrected chi connectivity index (χ4v) is 2.30. The molecule has 2 N–H and O–H groups in total. The highest BCUT2D eigenvalue weighted by Gasteiger charge is 2.13. The van der Waals surface area contributed by atoms with Crippen LogP contribution in [0.15, 0.2) is 34.7 Å². The van der Waals surface area contributed by atoms with E-state index < -0.39 is 5.97 Å². The van der Waals surface area contributed by atoms with E-state index in [0.29, 0.717) is 28.5 Å². The number of halogens is 1. The maximum Gasteiger partial charge on any atom is 0.371 e. The Hall–Kier alpha value is -2.27. The third-order valence-electron chi connectivity index (χ3n) is 3.35. The Kier molecular flexibility index (Phi) is 5.82. The summed E-state index contributed by atoms with van der Waals surface area (Å²) in [5.41, 5.74) is 1.13. The summed E-state index contributed by atoms with van der Waals surface area (Å²) in [6.45, 7) is 2.08. The normalized spacial score (nSPS) is 10.5. The number of furan rings is 1. The van der Waals surface area contributed by atoms with Gasteiger partial charge in [0.25, 0.3) is 0 Å². The van der Waals surface area contributed by atoms with E-state index >= 15 is 0 Å². The maximum absolute atomic E-state index is 11.9. The monoisotopic (exact) mass is 335 g/mol. The van der Waals surface area contributed by atoms with Crippen LogP contribution in [-0.2, 0) is 4.79 Å². The largest absolute Gasteiger partial charge is 0.475 e. The minimum absolute atomic E-state index is 0.0943. The molecule has 0 saturated carbocycles. The minimum atomic E-state index is -1.13. The van der Waals surface area contributed by atoms with Gasteiger partial charge in [0, 0.05) is 12.0 Å². The van der Waals surface area contributed by atoms with Crippen molar-refractivity contribution in [1.82, 2.24) is 0 Å². The van der Waals surface area contributed by atoms with Crippen LogP contribution >= 0.6 is 11.6 Å². The Balaban J connectivity index is 2.14. The number of unbranched alkanes of at least 4 members (excludes halogenated alkanes) is 2. The maximum atomic E-state index is 11.9. The van der Waals surface area contributed by atoms with Crippen molar-refractivity contribution in [2.75, 3.05) is 5.32 Å². The topological polar surface area (TPSA) is 79.5 Å². The molecule has 1 heterocycles. The van der Waals surface area contributed by atoms with Crippen LogP contribution in [0.1, 0.15) is 43.2 Å². The van der Waals surface area contributed by atoms with Gasteiger partial charge in [0.05, 0.1) is 10.7 Å². The number of rotatable bonds is 7. The van der Waals surface area contributed by atoms with Gasteiger partial charge in [0.1, 0.15) is 5.76 Å². The van der Waals surface area contributed by atoms with E-state index in [1.807, 2.05) is 0 Å². The standard InChI is InChI=1S/C17H18ClNO4/c1-2-3-4-5-16(20)19-13-10-11(6-7-12(13)18)14-8-9-15(23-14)17(21)22/h6-10H,2-5H2,1H3,(H,19,20)(H,21,22). The summed E-state index contributed by atoms with van der Waals surface area (Å²) >= 11 is 6.11. The molecule has 0 atom stereocenters. The van der Waals surface area contributed by atoms with Crippen molar-refractivity contribution in [2.45, 2.75) is 32.6 Å². The fourth-order valence-electron chi connectivity index (χ4n) is 2.13. The van der Waals surface area contributed by atoms with Gasteiger partial charge in [-0.3, -0.25) is 4.79 Å². The Morgan fingerprint density at radius 1 is 1.22 bits per heavy atom. The molecule has 1 aromatic carbocycles. The molecule has 0 aliphatic rings. The van der Waals surface area contributed by atoms with Crippen molar-refractivity contribution >= 4 is 29.2 Å². The van der Waals surface area contributed by atoms with Crippen LogP contribution < -0.4 is 5.32 Å². The van der Waals surface area contributed by atoms with E-state index in [4.69, 9.17) is 21.1 Å². The average Bonchev–Trinajstić information content (AvgIpc) is 3.00. The van der Waals surface area contributed by atoms with Crippen molar-refractivity contribution in [3.05, 3.63) is 41.1 Å². The summed E-state index contributed by atoms with van der Waals surface area (Å²) in [7, 11) is 0. The number of hydrogen-bond acceptors (Lipinski definition) is 3. The molecular weight excluding hydrogens is 318 g/mol. The van der Waals surface area contributed by atoms with Gasteiger partial charge in [0.2, 0.25) is 11.7 Å². The highest BCUT2D eigenvalue weighted by molar-refractivity contribution is 6.33. The van der Waals surface area contributed by atoms with Crippen LogP contribution in [0, 0.1) is 0 Å². The number of amides is 1. The average molecular weight is 336 g/mol. The predicted molar refractivity (Wildman–Crippen MR) is 88.9 cm³/mol. The number of carboxylic acid groups (broad SMARTS) is 1. The van der Waals surface area contributed by atoms with Crippen LogP contribution in [0.3, 0.4) is 0 Å². The van der Waals surface area contributed by atoms with Gasteiger partial charge >= 0.3 is 5.97 Å². The minimum Gasteiger partial charge on any atom is -0.475 e. The molecule has 0 unspecified atom stereocenters. The van der Waals surface area contributed by atoms with E-state index in [1.54, 1.807) is 24.3 Å². The van der Waals surface area contributed by atoms with Gasteiger partial charge in [0.15, 0.2) is 0 Å². The second-order valence-electron chi connectivity index (χ2n) is 5.17. The lowest BCUT2D eigenvalue weighted by atomic mass is 10.1. The van der Waals surface area contributed by atoms with Gasteiger partial charge in [-0.1, -0.05) is 31.4 Å². The van der Waals surface area contributed by atoms with Crippen molar-refractivity contribution < 1.29 is 19.1 Å². The quantitative estimate of drug-likeness (QED) is 0.711. The molecule has 0 spiro atoms. The van der Waals surface area contributed by atoms with Crippen molar-refractivity contribution in [1.29, 1.82) is 0 Å². The molecule has 0 fully saturated rings. The summed E-state index contributed by atoms with van der Waals surface area (Å²) in [5.74, 6) is -0.960. The Bertz CT molecular complexity index is 708. The molecule has 0 aliphatic heterocycles.